The monoisotopic (exact) mass is 515 g/mol. The number of carbonyl (C=O) groups is 1. The summed E-state index contributed by atoms with van der Waals surface area (Å²) in [5, 5.41) is 3.01. The van der Waals surface area contributed by atoms with Gasteiger partial charge in [0.2, 0.25) is 0 Å². The van der Waals surface area contributed by atoms with E-state index in [1.54, 1.807) is 17.8 Å². The Bertz CT molecular complexity index is 1060. The molecule has 0 radical (unpaired) electrons. The summed E-state index contributed by atoms with van der Waals surface area (Å²) in [6.07, 6.45) is 10.1. The van der Waals surface area contributed by atoms with E-state index in [9.17, 15) is 9.18 Å². The van der Waals surface area contributed by atoms with Gasteiger partial charge in [0, 0.05) is 23.2 Å². The molecule has 3 atom stereocenters. The second-order valence-corrected chi connectivity index (χ2v) is 11.7. The fourth-order valence-electron chi connectivity index (χ4n) is 6.27. The molecule has 7 heteroatoms. The van der Waals surface area contributed by atoms with Crippen molar-refractivity contribution in [2.24, 2.45) is 5.92 Å². The zero-order chi connectivity index (χ0) is 24.4. The molecule has 1 unspecified atom stereocenters. The molecule has 2 aliphatic carbocycles. The maximum atomic E-state index is 13.6. The van der Waals surface area contributed by atoms with Crippen LogP contribution in [-0.4, -0.2) is 54.3 Å². The van der Waals surface area contributed by atoms with Crippen LogP contribution in [0.4, 0.5) is 14.9 Å². The van der Waals surface area contributed by atoms with Gasteiger partial charge in [-0.05, 0) is 118 Å². The molecule has 2 aromatic rings. The number of thioether (sulfide) groups is 1. The van der Waals surface area contributed by atoms with E-state index < -0.39 is 5.82 Å². The SMILES string of the molecule is CSc1cccc([C@]23CC[C@@H](N(CCCN4CCCC4)C(=O)Nc4ccc(F)c(Cl)c4)CC2C3)c1. The third kappa shape index (κ3) is 5.50. The van der Waals surface area contributed by atoms with Crippen molar-refractivity contribution in [1.29, 1.82) is 0 Å². The number of nitrogens with zero attached hydrogens (tertiary/aromatic N) is 2. The topological polar surface area (TPSA) is 35.6 Å². The van der Waals surface area contributed by atoms with Crippen molar-refractivity contribution in [3.8, 4) is 0 Å². The maximum absolute atomic E-state index is 13.6. The van der Waals surface area contributed by atoms with Crippen LogP contribution in [0.5, 0.6) is 0 Å². The van der Waals surface area contributed by atoms with E-state index in [1.807, 2.05) is 4.90 Å². The first-order valence-electron chi connectivity index (χ1n) is 12.9. The highest BCUT2D eigenvalue weighted by Crippen LogP contribution is 2.63. The summed E-state index contributed by atoms with van der Waals surface area (Å²) in [5.41, 5.74) is 2.31. The van der Waals surface area contributed by atoms with E-state index in [-0.39, 0.29) is 17.1 Å². The molecule has 2 amide bonds. The molecule has 2 saturated carbocycles. The Morgan fingerprint density at radius 3 is 2.83 bits per heavy atom. The molecule has 2 aromatic carbocycles. The van der Waals surface area contributed by atoms with Gasteiger partial charge in [-0.15, -0.1) is 11.8 Å². The quantitative estimate of drug-likeness (QED) is 0.383. The molecule has 0 aromatic heterocycles. The highest BCUT2D eigenvalue weighted by atomic mass is 35.5. The van der Waals surface area contributed by atoms with Gasteiger partial charge in [0.15, 0.2) is 0 Å². The van der Waals surface area contributed by atoms with E-state index in [1.165, 1.54) is 54.9 Å². The molecule has 1 saturated heterocycles. The molecule has 188 valence electrons. The average molecular weight is 516 g/mol. The number of carbonyl (C=O) groups excluding carboxylic acids is 1. The predicted molar refractivity (Wildman–Crippen MR) is 143 cm³/mol. The largest absolute Gasteiger partial charge is 0.322 e. The molecule has 3 aliphatic rings. The van der Waals surface area contributed by atoms with Gasteiger partial charge in [0.25, 0.3) is 0 Å². The van der Waals surface area contributed by atoms with Crippen molar-refractivity contribution < 1.29 is 9.18 Å². The molecule has 1 heterocycles. The number of rotatable bonds is 8. The summed E-state index contributed by atoms with van der Waals surface area (Å²) in [6, 6.07) is 13.5. The molecule has 3 fully saturated rings. The zero-order valence-electron chi connectivity index (χ0n) is 20.4. The molecular formula is C28H35ClFN3OS. The minimum Gasteiger partial charge on any atom is -0.321 e. The van der Waals surface area contributed by atoms with Gasteiger partial charge in [-0.25, -0.2) is 9.18 Å². The Balaban J connectivity index is 1.27. The smallest absolute Gasteiger partial charge is 0.321 e. The standard InChI is InChI=1S/C28H35ClFN3OS/c1-35-24-7-4-6-20(17-24)28-11-10-23(16-21(28)19-28)33(15-5-14-32-12-2-3-13-32)27(34)31-22-8-9-26(30)25(29)18-22/h4,6-9,17-18,21,23H,2-3,5,10-16,19H2,1H3,(H,31,34)/t21?,23-,28-/m1/s1. The van der Waals surface area contributed by atoms with Crippen molar-refractivity contribution in [3.63, 3.8) is 0 Å². The van der Waals surface area contributed by atoms with Gasteiger partial charge < -0.3 is 15.1 Å². The molecule has 35 heavy (non-hydrogen) atoms. The Hall–Kier alpha value is -1.76. The molecule has 0 bridgehead atoms. The summed E-state index contributed by atoms with van der Waals surface area (Å²) >= 11 is 7.75. The predicted octanol–water partition coefficient (Wildman–Crippen LogP) is 7.03. The Kier molecular flexibility index (Phi) is 7.61. The van der Waals surface area contributed by atoms with E-state index >= 15 is 0 Å². The summed E-state index contributed by atoms with van der Waals surface area (Å²) in [5.74, 6) is 0.155. The normalized spacial score (nSPS) is 25.8. The molecule has 4 nitrogen and oxygen atoms in total. The van der Waals surface area contributed by atoms with Crippen LogP contribution in [0, 0.1) is 11.7 Å². The zero-order valence-corrected chi connectivity index (χ0v) is 22.0. The van der Waals surface area contributed by atoms with Crippen molar-refractivity contribution in [1.82, 2.24) is 9.80 Å². The van der Waals surface area contributed by atoms with Crippen molar-refractivity contribution in [2.45, 2.75) is 61.3 Å². The van der Waals surface area contributed by atoms with Gasteiger partial charge in [-0.3, -0.25) is 0 Å². The van der Waals surface area contributed by atoms with E-state index in [4.69, 9.17) is 11.6 Å². The van der Waals surface area contributed by atoms with Gasteiger partial charge in [-0.1, -0.05) is 23.7 Å². The van der Waals surface area contributed by atoms with E-state index in [2.05, 4.69) is 40.7 Å². The number of benzene rings is 2. The number of urea groups is 1. The van der Waals surface area contributed by atoms with Crippen LogP contribution in [0.2, 0.25) is 5.02 Å². The number of likely N-dealkylation sites (tertiary alicyclic amines) is 1. The van der Waals surface area contributed by atoms with Gasteiger partial charge in [0.05, 0.1) is 5.02 Å². The molecular weight excluding hydrogens is 481 g/mol. The second kappa shape index (κ2) is 10.7. The summed E-state index contributed by atoms with van der Waals surface area (Å²) in [4.78, 5) is 19.3. The summed E-state index contributed by atoms with van der Waals surface area (Å²) < 4.78 is 13.6. The van der Waals surface area contributed by atoms with Crippen molar-refractivity contribution in [3.05, 3.63) is 58.9 Å². The first-order chi connectivity index (χ1) is 17.0. The van der Waals surface area contributed by atoms with Crippen LogP contribution in [0.25, 0.3) is 0 Å². The third-order valence-electron chi connectivity index (χ3n) is 8.30. The highest BCUT2D eigenvalue weighted by molar-refractivity contribution is 7.98. The maximum Gasteiger partial charge on any atom is 0.322 e. The first-order valence-corrected chi connectivity index (χ1v) is 14.5. The summed E-state index contributed by atoms with van der Waals surface area (Å²) in [7, 11) is 0. The second-order valence-electron chi connectivity index (χ2n) is 10.4. The lowest BCUT2D eigenvalue weighted by Crippen LogP contribution is -2.46. The third-order valence-corrected chi connectivity index (χ3v) is 9.32. The lowest BCUT2D eigenvalue weighted by molar-refractivity contribution is 0.156. The summed E-state index contributed by atoms with van der Waals surface area (Å²) in [6.45, 7) is 4.12. The van der Waals surface area contributed by atoms with Crippen LogP contribution < -0.4 is 5.32 Å². The van der Waals surface area contributed by atoms with Crippen molar-refractivity contribution in [2.75, 3.05) is 37.8 Å². The fourth-order valence-corrected chi connectivity index (χ4v) is 6.91. The van der Waals surface area contributed by atoms with Crippen molar-refractivity contribution >= 4 is 35.1 Å². The first kappa shape index (κ1) is 24.9. The minimum absolute atomic E-state index is 0.0243. The van der Waals surface area contributed by atoms with Crippen LogP contribution >= 0.6 is 23.4 Å². The van der Waals surface area contributed by atoms with Crippen LogP contribution in [0.1, 0.15) is 50.5 Å². The average Bonchev–Trinajstić information content (AvgIpc) is 3.38. The molecule has 1 N–H and O–H groups in total. The van der Waals surface area contributed by atoms with E-state index in [0.29, 0.717) is 17.0 Å². The Labute approximate surface area is 217 Å². The number of hydrogen-bond acceptors (Lipinski definition) is 3. The highest BCUT2D eigenvalue weighted by Gasteiger charge is 2.58. The number of amides is 2. The molecule has 1 aliphatic heterocycles. The van der Waals surface area contributed by atoms with Gasteiger partial charge >= 0.3 is 6.03 Å². The number of hydrogen-bond donors (Lipinski definition) is 1. The molecule has 0 spiro atoms. The Morgan fingerprint density at radius 1 is 1.26 bits per heavy atom. The number of anilines is 1. The lowest BCUT2D eigenvalue weighted by Gasteiger charge is -2.37. The fraction of sp³-hybridized carbons (Fsp3) is 0.536. The van der Waals surface area contributed by atoms with Gasteiger partial charge in [-0.2, -0.15) is 0 Å². The number of halogens is 2. The van der Waals surface area contributed by atoms with Crippen LogP contribution in [0.3, 0.4) is 0 Å². The van der Waals surface area contributed by atoms with Crippen LogP contribution in [0.15, 0.2) is 47.4 Å². The van der Waals surface area contributed by atoms with Crippen LogP contribution in [-0.2, 0) is 5.41 Å². The number of nitrogens with one attached hydrogen (secondary N) is 1. The minimum atomic E-state index is -0.477. The lowest BCUT2D eigenvalue weighted by atomic mass is 9.80. The van der Waals surface area contributed by atoms with Gasteiger partial charge in [0.1, 0.15) is 5.82 Å². The number of fused-ring (bicyclic) bond motifs is 1. The van der Waals surface area contributed by atoms with E-state index in [0.717, 1.165) is 38.8 Å². The Morgan fingerprint density at radius 2 is 2.09 bits per heavy atom. The molecule has 5 rings (SSSR count).